The van der Waals surface area contributed by atoms with Crippen LogP contribution in [0.2, 0.25) is 0 Å². The van der Waals surface area contributed by atoms with Gasteiger partial charge in [0.15, 0.2) is 5.69 Å². The van der Waals surface area contributed by atoms with Gasteiger partial charge < -0.3 is 14.8 Å². The Morgan fingerprint density at radius 3 is 2.43 bits per heavy atom. The van der Waals surface area contributed by atoms with Crippen molar-refractivity contribution in [2.24, 2.45) is 0 Å². The van der Waals surface area contributed by atoms with E-state index in [0.717, 1.165) is 22.6 Å². The van der Waals surface area contributed by atoms with Crippen LogP contribution in [0, 0.1) is 6.92 Å². The van der Waals surface area contributed by atoms with E-state index in [4.69, 9.17) is 9.47 Å². The summed E-state index contributed by atoms with van der Waals surface area (Å²) in [5, 5.41) is 7.88. The molecule has 0 aliphatic carbocycles. The Morgan fingerprint density at radius 1 is 1.07 bits per heavy atom. The van der Waals surface area contributed by atoms with E-state index in [0.29, 0.717) is 31.1 Å². The van der Waals surface area contributed by atoms with Gasteiger partial charge in [-0.05, 0) is 37.1 Å². The average Bonchev–Trinajstić information content (AvgIpc) is 3.03. The van der Waals surface area contributed by atoms with Crippen molar-refractivity contribution in [3.05, 3.63) is 77.1 Å². The summed E-state index contributed by atoms with van der Waals surface area (Å²) in [6, 6.07) is 17.8. The van der Waals surface area contributed by atoms with E-state index in [1.165, 1.54) is 0 Å². The van der Waals surface area contributed by atoms with Gasteiger partial charge in [-0.2, -0.15) is 5.10 Å². The number of ether oxygens (including phenoxy) is 2. The number of nitrogens with zero attached hydrogens (tertiary/aromatic N) is 2. The number of benzene rings is 2. The molecule has 146 valence electrons. The fourth-order valence-corrected chi connectivity index (χ4v) is 2.94. The smallest absolute Gasteiger partial charge is 0.361 e. The first-order chi connectivity index (χ1) is 13.6. The van der Waals surface area contributed by atoms with Gasteiger partial charge in [-0.3, -0.25) is 4.68 Å². The molecular weight excluding hydrogens is 354 g/mol. The molecule has 1 heterocycles. The van der Waals surface area contributed by atoms with Crippen molar-refractivity contribution >= 4 is 11.7 Å². The number of esters is 1. The molecule has 0 spiro atoms. The SMILES string of the molecule is CCOC(=O)c1nn(Cc2ccc(OC)cc2)c(C)c1NCc1ccccc1. The molecule has 3 rings (SSSR count). The molecule has 0 saturated carbocycles. The number of hydrogen-bond acceptors (Lipinski definition) is 5. The summed E-state index contributed by atoms with van der Waals surface area (Å²) in [4.78, 5) is 12.4. The zero-order chi connectivity index (χ0) is 19.9. The molecule has 3 aromatic rings. The molecule has 0 amide bonds. The highest BCUT2D eigenvalue weighted by Crippen LogP contribution is 2.23. The van der Waals surface area contributed by atoms with Crippen LogP contribution in [0.5, 0.6) is 5.75 Å². The molecule has 6 heteroatoms. The van der Waals surface area contributed by atoms with Gasteiger partial charge in [0, 0.05) is 6.54 Å². The highest BCUT2D eigenvalue weighted by Gasteiger charge is 2.22. The number of methoxy groups -OCH3 is 1. The van der Waals surface area contributed by atoms with Gasteiger partial charge in [0.25, 0.3) is 0 Å². The van der Waals surface area contributed by atoms with Gasteiger partial charge in [-0.25, -0.2) is 4.79 Å². The number of nitrogens with one attached hydrogen (secondary N) is 1. The average molecular weight is 379 g/mol. The first kappa shape index (κ1) is 19.5. The Bertz CT molecular complexity index is 918. The van der Waals surface area contributed by atoms with Crippen LogP contribution in [0.25, 0.3) is 0 Å². The van der Waals surface area contributed by atoms with Crippen molar-refractivity contribution in [2.45, 2.75) is 26.9 Å². The molecule has 0 radical (unpaired) electrons. The zero-order valence-corrected chi connectivity index (χ0v) is 16.4. The lowest BCUT2D eigenvalue weighted by molar-refractivity contribution is 0.0519. The van der Waals surface area contributed by atoms with Gasteiger partial charge in [-0.1, -0.05) is 42.5 Å². The number of carbonyl (C=O) groups excluding carboxylic acids is 1. The topological polar surface area (TPSA) is 65.4 Å². The van der Waals surface area contributed by atoms with E-state index in [2.05, 4.69) is 10.4 Å². The predicted molar refractivity (Wildman–Crippen MR) is 109 cm³/mol. The summed E-state index contributed by atoms with van der Waals surface area (Å²) in [5.74, 6) is 0.382. The fraction of sp³-hybridized carbons (Fsp3) is 0.273. The monoisotopic (exact) mass is 379 g/mol. The second kappa shape index (κ2) is 9.08. The maximum absolute atomic E-state index is 12.4. The molecule has 2 aromatic carbocycles. The fourth-order valence-electron chi connectivity index (χ4n) is 2.94. The second-order valence-corrected chi connectivity index (χ2v) is 6.37. The van der Waals surface area contributed by atoms with Crippen LogP contribution >= 0.6 is 0 Å². The molecule has 1 aromatic heterocycles. The standard InChI is InChI=1S/C22H25N3O3/c1-4-28-22(26)21-20(23-14-17-8-6-5-7-9-17)16(2)25(24-21)15-18-10-12-19(27-3)13-11-18/h5-13,23H,4,14-15H2,1-3H3. The Hall–Kier alpha value is -3.28. The Balaban J connectivity index is 1.86. The number of anilines is 1. The maximum Gasteiger partial charge on any atom is 0.361 e. The van der Waals surface area contributed by atoms with Crippen molar-refractivity contribution < 1.29 is 14.3 Å². The van der Waals surface area contributed by atoms with Crippen LogP contribution in [0.1, 0.15) is 34.2 Å². The summed E-state index contributed by atoms with van der Waals surface area (Å²) in [6.45, 7) is 5.20. The third-order valence-corrected chi connectivity index (χ3v) is 4.48. The van der Waals surface area contributed by atoms with Crippen molar-refractivity contribution in [2.75, 3.05) is 19.0 Å². The number of carbonyl (C=O) groups is 1. The van der Waals surface area contributed by atoms with Crippen LogP contribution in [-0.2, 0) is 17.8 Å². The quantitative estimate of drug-likeness (QED) is 0.599. The van der Waals surface area contributed by atoms with Crippen LogP contribution in [0.15, 0.2) is 54.6 Å². The third-order valence-electron chi connectivity index (χ3n) is 4.48. The van der Waals surface area contributed by atoms with Crippen molar-refractivity contribution in [3.8, 4) is 5.75 Å². The predicted octanol–water partition coefficient (Wildman–Crippen LogP) is 4.04. The molecule has 0 fully saturated rings. The number of aromatic nitrogens is 2. The maximum atomic E-state index is 12.4. The molecule has 0 aliphatic heterocycles. The van der Waals surface area contributed by atoms with E-state index in [1.54, 1.807) is 14.0 Å². The minimum Gasteiger partial charge on any atom is -0.497 e. The van der Waals surface area contributed by atoms with Crippen LogP contribution in [0.3, 0.4) is 0 Å². The minimum absolute atomic E-state index is 0.307. The Morgan fingerprint density at radius 2 is 1.79 bits per heavy atom. The second-order valence-electron chi connectivity index (χ2n) is 6.37. The van der Waals surface area contributed by atoms with Gasteiger partial charge in [-0.15, -0.1) is 0 Å². The van der Waals surface area contributed by atoms with Crippen molar-refractivity contribution in [3.63, 3.8) is 0 Å². The van der Waals surface area contributed by atoms with E-state index in [1.807, 2.05) is 66.2 Å². The molecule has 0 atom stereocenters. The highest BCUT2D eigenvalue weighted by atomic mass is 16.5. The highest BCUT2D eigenvalue weighted by molar-refractivity contribution is 5.94. The largest absolute Gasteiger partial charge is 0.497 e. The Kier molecular flexibility index (Phi) is 6.32. The number of hydrogen-bond donors (Lipinski definition) is 1. The van der Waals surface area contributed by atoms with Crippen LogP contribution in [-0.4, -0.2) is 29.5 Å². The summed E-state index contributed by atoms with van der Waals surface area (Å²) < 4.78 is 12.2. The summed E-state index contributed by atoms with van der Waals surface area (Å²) in [6.07, 6.45) is 0. The summed E-state index contributed by atoms with van der Waals surface area (Å²) >= 11 is 0. The summed E-state index contributed by atoms with van der Waals surface area (Å²) in [5.41, 5.74) is 4.09. The van der Waals surface area contributed by atoms with Crippen LogP contribution < -0.4 is 10.1 Å². The third kappa shape index (κ3) is 4.52. The molecule has 6 nitrogen and oxygen atoms in total. The van der Waals surface area contributed by atoms with Gasteiger partial charge >= 0.3 is 5.97 Å². The molecule has 0 aliphatic rings. The lowest BCUT2D eigenvalue weighted by Gasteiger charge is -2.09. The van der Waals surface area contributed by atoms with Gasteiger partial charge in [0.2, 0.25) is 0 Å². The van der Waals surface area contributed by atoms with Crippen molar-refractivity contribution in [1.82, 2.24) is 9.78 Å². The molecular formula is C22H25N3O3. The first-order valence-electron chi connectivity index (χ1n) is 9.27. The van der Waals surface area contributed by atoms with Crippen molar-refractivity contribution in [1.29, 1.82) is 0 Å². The Labute approximate surface area is 165 Å². The molecule has 28 heavy (non-hydrogen) atoms. The lowest BCUT2D eigenvalue weighted by atomic mass is 10.2. The minimum atomic E-state index is -0.422. The summed E-state index contributed by atoms with van der Waals surface area (Å²) in [7, 11) is 1.64. The van der Waals surface area contributed by atoms with E-state index in [-0.39, 0.29) is 0 Å². The van der Waals surface area contributed by atoms with E-state index in [9.17, 15) is 4.79 Å². The normalized spacial score (nSPS) is 10.5. The van der Waals surface area contributed by atoms with E-state index >= 15 is 0 Å². The molecule has 0 bridgehead atoms. The first-order valence-corrected chi connectivity index (χ1v) is 9.27. The van der Waals surface area contributed by atoms with Gasteiger partial charge in [0.05, 0.1) is 31.6 Å². The van der Waals surface area contributed by atoms with E-state index < -0.39 is 5.97 Å². The molecule has 0 saturated heterocycles. The number of rotatable bonds is 8. The zero-order valence-electron chi connectivity index (χ0n) is 16.4. The lowest BCUT2D eigenvalue weighted by Crippen LogP contribution is -2.10. The van der Waals surface area contributed by atoms with Gasteiger partial charge in [0.1, 0.15) is 5.75 Å². The van der Waals surface area contributed by atoms with Crippen LogP contribution in [0.4, 0.5) is 5.69 Å². The molecule has 0 unspecified atom stereocenters. The molecule has 1 N–H and O–H groups in total.